The van der Waals surface area contributed by atoms with Gasteiger partial charge in [-0.25, -0.2) is 0 Å². The zero-order valence-corrected chi connectivity index (χ0v) is 9.21. The Hall–Kier alpha value is -1.17. The lowest BCUT2D eigenvalue weighted by Crippen LogP contribution is -2.26. The fourth-order valence-corrected chi connectivity index (χ4v) is 1.69. The van der Waals surface area contributed by atoms with Gasteiger partial charge in [0.2, 0.25) is 0 Å². The van der Waals surface area contributed by atoms with Crippen LogP contribution in [0, 0.1) is 0 Å². The third-order valence-corrected chi connectivity index (χ3v) is 2.43. The first-order valence-electron chi connectivity index (χ1n) is 5.56. The van der Waals surface area contributed by atoms with Crippen LogP contribution in [0.15, 0.2) is 16.9 Å². The van der Waals surface area contributed by atoms with E-state index >= 15 is 0 Å². The molecule has 2 bridgehead atoms. The highest BCUT2D eigenvalue weighted by molar-refractivity contribution is 5.11. The Balaban J connectivity index is 2.11. The van der Waals surface area contributed by atoms with Crippen molar-refractivity contribution in [2.45, 2.75) is 13.1 Å². The van der Waals surface area contributed by atoms with Crippen molar-refractivity contribution in [1.29, 1.82) is 0 Å². The SMILES string of the molecule is O=c1cc2[nH]c(c1)CNCCOCCNC2. The van der Waals surface area contributed by atoms with E-state index in [0.29, 0.717) is 26.3 Å². The van der Waals surface area contributed by atoms with Gasteiger partial charge in [0, 0.05) is 49.7 Å². The average Bonchev–Trinajstić information content (AvgIpc) is 2.24. The highest BCUT2D eigenvalue weighted by Gasteiger charge is 2.01. The Labute approximate surface area is 94.2 Å². The van der Waals surface area contributed by atoms with Gasteiger partial charge in [-0.1, -0.05) is 0 Å². The molecule has 88 valence electrons. The molecule has 16 heavy (non-hydrogen) atoms. The van der Waals surface area contributed by atoms with E-state index in [1.165, 1.54) is 0 Å². The van der Waals surface area contributed by atoms with Crippen LogP contribution in [0.25, 0.3) is 0 Å². The number of ether oxygens (including phenoxy) is 1. The number of pyridine rings is 1. The molecular formula is C11H17N3O2. The molecule has 0 saturated carbocycles. The topological polar surface area (TPSA) is 66.2 Å². The van der Waals surface area contributed by atoms with Crippen LogP contribution in [0.1, 0.15) is 11.4 Å². The number of aromatic nitrogens is 1. The molecule has 0 saturated heterocycles. The third kappa shape index (κ3) is 3.44. The molecule has 1 aromatic rings. The summed E-state index contributed by atoms with van der Waals surface area (Å²) < 4.78 is 5.40. The zero-order chi connectivity index (χ0) is 11.2. The van der Waals surface area contributed by atoms with Crippen LogP contribution in [0.3, 0.4) is 0 Å². The van der Waals surface area contributed by atoms with Gasteiger partial charge in [-0.05, 0) is 0 Å². The van der Waals surface area contributed by atoms with Gasteiger partial charge in [-0.2, -0.15) is 0 Å². The van der Waals surface area contributed by atoms with E-state index in [4.69, 9.17) is 4.74 Å². The van der Waals surface area contributed by atoms with Crippen molar-refractivity contribution in [2.75, 3.05) is 26.3 Å². The van der Waals surface area contributed by atoms with E-state index in [1.807, 2.05) is 0 Å². The Morgan fingerprint density at radius 1 is 1.00 bits per heavy atom. The van der Waals surface area contributed by atoms with Crippen LogP contribution >= 0.6 is 0 Å². The number of rotatable bonds is 0. The molecule has 0 aliphatic carbocycles. The van der Waals surface area contributed by atoms with Crippen LogP contribution in [0.4, 0.5) is 0 Å². The van der Waals surface area contributed by atoms with E-state index in [2.05, 4.69) is 15.6 Å². The molecule has 1 aliphatic rings. The van der Waals surface area contributed by atoms with Crippen LogP contribution in [0.5, 0.6) is 0 Å². The van der Waals surface area contributed by atoms with Crippen molar-refractivity contribution in [3.63, 3.8) is 0 Å². The predicted octanol–water partition coefficient (Wildman–Crippen LogP) is -0.416. The minimum Gasteiger partial charge on any atom is -0.379 e. The van der Waals surface area contributed by atoms with E-state index in [1.54, 1.807) is 12.1 Å². The molecule has 3 N–H and O–H groups in total. The van der Waals surface area contributed by atoms with Gasteiger partial charge in [-0.15, -0.1) is 0 Å². The number of nitrogens with one attached hydrogen (secondary N) is 3. The summed E-state index contributed by atoms with van der Waals surface area (Å²) in [5, 5.41) is 6.45. The molecule has 5 nitrogen and oxygen atoms in total. The maximum atomic E-state index is 11.4. The minimum absolute atomic E-state index is 0.0562. The van der Waals surface area contributed by atoms with Crippen LogP contribution < -0.4 is 16.1 Å². The second-order valence-electron chi connectivity index (χ2n) is 3.83. The van der Waals surface area contributed by atoms with Crippen molar-refractivity contribution in [3.8, 4) is 0 Å². The van der Waals surface area contributed by atoms with Crippen molar-refractivity contribution in [2.24, 2.45) is 0 Å². The van der Waals surface area contributed by atoms with E-state index in [9.17, 15) is 4.79 Å². The van der Waals surface area contributed by atoms with Gasteiger partial charge in [-0.3, -0.25) is 4.79 Å². The molecule has 0 amide bonds. The van der Waals surface area contributed by atoms with Crippen LogP contribution in [-0.4, -0.2) is 31.3 Å². The van der Waals surface area contributed by atoms with Gasteiger partial charge in [0.25, 0.3) is 0 Å². The van der Waals surface area contributed by atoms with Crippen molar-refractivity contribution in [1.82, 2.24) is 15.6 Å². The number of aromatic amines is 1. The number of hydrogen-bond acceptors (Lipinski definition) is 4. The summed E-state index contributed by atoms with van der Waals surface area (Å²) in [6.07, 6.45) is 0. The van der Waals surface area contributed by atoms with Crippen LogP contribution in [0.2, 0.25) is 0 Å². The lowest BCUT2D eigenvalue weighted by atomic mass is 10.3. The molecule has 2 heterocycles. The summed E-state index contributed by atoms with van der Waals surface area (Å²) in [5.41, 5.74) is 1.90. The molecule has 0 fully saturated rings. The Kier molecular flexibility index (Phi) is 4.10. The molecule has 0 aromatic carbocycles. The molecule has 0 radical (unpaired) electrons. The molecule has 1 aromatic heterocycles. The molecule has 5 heteroatoms. The second kappa shape index (κ2) is 5.79. The van der Waals surface area contributed by atoms with E-state index in [0.717, 1.165) is 24.5 Å². The van der Waals surface area contributed by atoms with E-state index in [-0.39, 0.29) is 5.43 Å². The highest BCUT2D eigenvalue weighted by Crippen LogP contribution is 1.95. The fourth-order valence-electron chi connectivity index (χ4n) is 1.69. The first kappa shape index (κ1) is 11.3. The summed E-state index contributed by atoms with van der Waals surface area (Å²) in [5.74, 6) is 0. The Morgan fingerprint density at radius 2 is 1.56 bits per heavy atom. The summed E-state index contributed by atoms with van der Waals surface area (Å²) in [6, 6.07) is 3.26. The summed E-state index contributed by atoms with van der Waals surface area (Å²) in [7, 11) is 0. The lowest BCUT2D eigenvalue weighted by Gasteiger charge is -2.11. The normalized spacial score (nSPS) is 18.5. The Morgan fingerprint density at radius 3 is 2.12 bits per heavy atom. The van der Waals surface area contributed by atoms with Crippen molar-refractivity contribution in [3.05, 3.63) is 33.7 Å². The largest absolute Gasteiger partial charge is 0.379 e. The van der Waals surface area contributed by atoms with Gasteiger partial charge < -0.3 is 20.4 Å². The summed E-state index contributed by atoms with van der Waals surface area (Å²) in [6.45, 7) is 4.34. The lowest BCUT2D eigenvalue weighted by molar-refractivity contribution is 0.137. The second-order valence-corrected chi connectivity index (χ2v) is 3.83. The van der Waals surface area contributed by atoms with Gasteiger partial charge >= 0.3 is 0 Å². The number of H-pyrrole nitrogens is 1. The molecule has 2 rings (SSSR count). The quantitative estimate of drug-likeness (QED) is 0.559. The first-order valence-corrected chi connectivity index (χ1v) is 5.56. The Bertz CT molecular complexity index is 358. The van der Waals surface area contributed by atoms with Gasteiger partial charge in [0.1, 0.15) is 0 Å². The van der Waals surface area contributed by atoms with Crippen LogP contribution in [-0.2, 0) is 17.8 Å². The predicted molar refractivity (Wildman–Crippen MR) is 61.3 cm³/mol. The smallest absolute Gasteiger partial charge is 0.182 e. The maximum absolute atomic E-state index is 11.4. The summed E-state index contributed by atoms with van der Waals surface area (Å²) >= 11 is 0. The maximum Gasteiger partial charge on any atom is 0.182 e. The standard InChI is InChI=1S/C11H17N3O2/c15-11-5-9-7-12-1-3-16-4-2-13-8-10(6-11)14-9/h5-6,12-13H,1-4,7-8H2,(H,14,15). The monoisotopic (exact) mass is 223 g/mol. The zero-order valence-electron chi connectivity index (χ0n) is 9.21. The first-order chi connectivity index (χ1) is 7.84. The number of fused-ring (bicyclic) bond motifs is 2. The van der Waals surface area contributed by atoms with E-state index < -0.39 is 0 Å². The minimum atomic E-state index is 0.0562. The van der Waals surface area contributed by atoms with Gasteiger partial charge in [0.15, 0.2) is 5.43 Å². The molecule has 0 atom stereocenters. The average molecular weight is 223 g/mol. The highest BCUT2D eigenvalue weighted by atomic mass is 16.5. The van der Waals surface area contributed by atoms with Crippen molar-refractivity contribution < 1.29 is 4.74 Å². The molecular weight excluding hydrogens is 206 g/mol. The summed E-state index contributed by atoms with van der Waals surface area (Å²) in [4.78, 5) is 14.7. The fraction of sp³-hybridized carbons (Fsp3) is 0.545. The molecule has 1 aliphatic heterocycles. The van der Waals surface area contributed by atoms with Crippen molar-refractivity contribution >= 4 is 0 Å². The molecule has 0 unspecified atom stereocenters. The molecule has 0 spiro atoms. The number of hydrogen-bond donors (Lipinski definition) is 3. The third-order valence-electron chi connectivity index (χ3n) is 2.43. The van der Waals surface area contributed by atoms with Gasteiger partial charge in [0.05, 0.1) is 13.2 Å².